The van der Waals surface area contributed by atoms with Gasteiger partial charge < -0.3 is 10.2 Å². The van der Waals surface area contributed by atoms with Crippen LogP contribution in [0.25, 0.3) is 0 Å². The van der Waals surface area contributed by atoms with E-state index in [1.807, 2.05) is 4.90 Å². The van der Waals surface area contributed by atoms with Gasteiger partial charge in [-0.15, -0.1) is 0 Å². The summed E-state index contributed by atoms with van der Waals surface area (Å²) in [5, 5.41) is 8.73. The van der Waals surface area contributed by atoms with Crippen molar-refractivity contribution in [3.05, 3.63) is 52.8 Å². The molecule has 6 heteroatoms. The average Bonchev–Trinajstić information content (AvgIpc) is 3.49. The third-order valence-corrected chi connectivity index (χ3v) is 7.55. The van der Waals surface area contributed by atoms with Gasteiger partial charge in [0.2, 0.25) is 0 Å². The number of benzene rings is 1. The minimum absolute atomic E-state index is 0.154. The van der Waals surface area contributed by atoms with Crippen LogP contribution in [-0.4, -0.2) is 63.8 Å². The molecule has 32 heavy (non-hydrogen) atoms. The number of piperidine rings is 1. The Hall–Kier alpha value is -2.18. The molecule has 2 saturated heterocycles. The number of aryl methyl sites for hydroxylation is 1. The summed E-state index contributed by atoms with van der Waals surface area (Å²) in [5.41, 5.74) is 4.65. The van der Waals surface area contributed by atoms with Gasteiger partial charge in [-0.2, -0.15) is 5.10 Å². The van der Waals surface area contributed by atoms with Crippen molar-refractivity contribution in [1.29, 1.82) is 0 Å². The first-order chi connectivity index (χ1) is 15.7. The van der Waals surface area contributed by atoms with E-state index in [-0.39, 0.29) is 5.91 Å². The summed E-state index contributed by atoms with van der Waals surface area (Å²) in [4.78, 5) is 17.7. The van der Waals surface area contributed by atoms with Crippen molar-refractivity contribution in [2.45, 2.75) is 77.0 Å². The normalized spacial score (nSPS) is 22.3. The summed E-state index contributed by atoms with van der Waals surface area (Å²) in [6, 6.07) is 11.8. The van der Waals surface area contributed by atoms with E-state index >= 15 is 0 Å². The van der Waals surface area contributed by atoms with E-state index in [1.54, 1.807) is 0 Å². The summed E-state index contributed by atoms with van der Waals surface area (Å²) in [6.45, 7) is 8.09. The molecular formula is C26H37N5O. The van der Waals surface area contributed by atoms with E-state index in [9.17, 15) is 4.79 Å². The van der Waals surface area contributed by atoms with Crippen LogP contribution in [0.4, 0.5) is 0 Å². The van der Waals surface area contributed by atoms with Gasteiger partial charge in [-0.05, 0) is 70.5 Å². The summed E-state index contributed by atoms with van der Waals surface area (Å²) in [6.07, 6.45) is 7.74. The van der Waals surface area contributed by atoms with E-state index in [2.05, 4.69) is 52.2 Å². The molecule has 1 aromatic carbocycles. The fraction of sp³-hybridized carbons (Fsp3) is 0.615. The summed E-state index contributed by atoms with van der Waals surface area (Å²) < 4.78 is 2.08. The van der Waals surface area contributed by atoms with Gasteiger partial charge in [-0.3, -0.25) is 14.4 Å². The van der Waals surface area contributed by atoms with Crippen LogP contribution in [0, 0.1) is 0 Å². The smallest absolute Gasteiger partial charge is 0.274 e. The molecule has 1 unspecified atom stereocenters. The number of fused-ring (bicyclic) bond motifs is 1. The largest absolute Gasteiger partial charge is 0.337 e. The number of likely N-dealkylation sites (tertiary alicyclic amines) is 2. The first-order valence-electron chi connectivity index (χ1n) is 12.6. The van der Waals surface area contributed by atoms with Gasteiger partial charge in [0.05, 0.1) is 0 Å². The number of hydrogen-bond acceptors (Lipinski definition) is 4. The number of amides is 1. The van der Waals surface area contributed by atoms with E-state index < -0.39 is 0 Å². The highest BCUT2D eigenvalue weighted by Gasteiger charge is 2.32. The Morgan fingerprint density at radius 3 is 2.50 bits per heavy atom. The molecule has 2 aromatic rings. The Labute approximate surface area is 192 Å². The highest BCUT2D eigenvalue weighted by molar-refractivity contribution is 5.94. The highest BCUT2D eigenvalue weighted by Crippen LogP contribution is 2.28. The maximum atomic E-state index is 13.2. The molecule has 1 aromatic heterocycles. The fourth-order valence-electron chi connectivity index (χ4n) is 5.77. The second-order valence-electron chi connectivity index (χ2n) is 9.73. The minimum Gasteiger partial charge on any atom is -0.337 e. The summed E-state index contributed by atoms with van der Waals surface area (Å²) in [7, 11) is 0. The molecule has 0 saturated carbocycles. The molecule has 2 aliphatic heterocycles. The molecule has 1 amide bonds. The zero-order valence-corrected chi connectivity index (χ0v) is 19.4. The fourth-order valence-corrected chi connectivity index (χ4v) is 5.77. The molecule has 6 nitrogen and oxygen atoms in total. The molecule has 0 radical (unpaired) electrons. The monoisotopic (exact) mass is 435 g/mol. The average molecular weight is 436 g/mol. The molecule has 3 heterocycles. The van der Waals surface area contributed by atoms with Crippen LogP contribution in [-0.2, 0) is 25.9 Å². The lowest BCUT2D eigenvalue weighted by Crippen LogP contribution is -2.47. The first-order valence-corrected chi connectivity index (χ1v) is 12.6. The second-order valence-corrected chi connectivity index (χ2v) is 9.73. The molecule has 1 atom stereocenters. The van der Waals surface area contributed by atoms with Gasteiger partial charge in [-0.25, -0.2) is 0 Å². The van der Waals surface area contributed by atoms with E-state index in [0.29, 0.717) is 12.1 Å². The van der Waals surface area contributed by atoms with Crippen molar-refractivity contribution in [1.82, 2.24) is 24.9 Å². The molecule has 172 valence electrons. The Morgan fingerprint density at radius 2 is 1.78 bits per heavy atom. The number of aromatic nitrogens is 2. The number of nitrogens with one attached hydrogen (secondary N) is 1. The molecule has 5 rings (SSSR count). The van der Waals surface area contributed by atoms with Gasteiger partial charge >= 0.3 is 0 Å². The van der Waals surface area contributed by atoms with Crippen molar-refractivity contribution < 1.29 is 4.79 Å². The van der Waals surface area contributed by atoms with Gasteiger partial charge in [0.25, 0.3) is 5.91 Å². The molecule has 1 aliphatic carbocycles. The lowest BCUT2D eigenvalue weighted by atomic mass is 9.89. The number of carbonyl (C=O) groups excluding carboxylic acids is 1. The number of carbonyl (C=O) groups is 1. The van der Waals surface area contributed by atoms with Gasteiger partial charge in [0, 0.05) is 49.5 Å². The topological polar surface area (TPSA) is 53.4 Å². The predicted octanol–water partition coefficient (Wildman–Crippen LogP) is 3.25. The van der Waals surface area contributed by atoms with Crippen LogP contribution in [0.15, 0.2) is 30.3 Å². The third kappa shape index (κ3) is 4.62. The van der Waals surface area contributed by atoms with Crippen LogP contribution in [0.3, 0.4) is 0 Å². The van der Waals surface area contributed by atoms with Gasteiger partial charge in [0.1, 0.15) is 0 Å². The van der Waals surface area contributed by atoms with Gasteiger partial charge in [-0.1, -0.05) is 30.3 Å². The summed E-state index contributed by atoms with van der Waals surface area (Å²) in [5.74, 6) is 0.154. The minimum atomic E-state index is 0.154. The molecule has 3 aliphatic rings. The van der Waals surface area contributed by atoms with Crippen molar-refractivity contribution in [2.24, 2.45) is 0 Å². The standard InChI is InChI=1S/C26H37N5O/c1-2-31-24-11-10-22(18-23(24)25(28-31)26(32)30-14-6-7-15-30)27-21-12-16-29(17-13-21)19-20-8-4-3-5-9-20/h3-5,8-9,21-22,27H,2,6-7,10-19H2,1H3. The molecule has 0 spiro atoms. The molecular weight excluding hydrogens is 398 g/mol. The zero-order valence-electron chi connectivity index (χ0n) is 19.4. The van der Waals surface area contributed by atoms with Crippen molar-refractivity contribution >= 4 is 5.91 Å². The molecule has 1 N–H and O–H groups in total. The first kappa shape index (κ1) is 21.7. The highest BCUT2D eigenvalue weighted by atomic mass is 16.2. The van der Waals surface area contributed by atoms with Crippen LogP contribution in [0.1, 0.15) is 66.3 Å². The van der Waals surface area contributed by atoms with Crippen molar-refractivity contribution in [2.75, 3.05) is 26.2 Å². The zero-order chi connectivity index (χ0) is 21.9. The van der Waals surface area contributed by atoms with Crippen LogP contribution in [0.5, 0.6) is 0 Å². The van der Waals surface area contributed by atoms with E-state index in [0.717, 1.165) is 77.1 Å². The molecule has 2 fully saturated rings. The predicted molar refractivity (Wildman–Crippen MR) is 127 cm³/mol. The van der Waals surface area contributed by atoms with Gasteiger partial charge in [0.15, 0.2) is 5.69 Å². The SMILES string of the molecule is CCn1nc(C(=O)N2CCCC2)c2c1CCC(NC1CCN(Cc3ccccc3)CC1)C2. The summed E-state index contributed by atoms with van der Waals surface area (Å²) >= 11 is 0. The van der Waals surface area contributed by atoms with E-state index in [4.69, 9.17) is 5.10 Å². The maximum absolute atomic E-state index is 13.2. The second kappa shape index (κ2) is 9.75. The third-order valence-electron chi connectivity index (χ3n) is 7.55. The van der Waals surface area contributed by atoms with Crippen molar-refractivity contribution in [3.8, 4) is 0 Å². The quantitative estimate of drug-likeness (QED) is 0.757. The number of hydrogen-bond donors (Lipinski definition) is 1. The lowest BCUT2D eigenvalue weighted by molar-refractivity contribution is 0.0784. The van der Waals surface area contributed by atoms with Crippen molar-refractivity contribution in [3.63, 3.8) is 0 Å². The van der Waals surface area contributed by atoms with Crippen LogP contribution < -0.4 is 5.32 Å². The maximum Gasteiger partial charge on any atom is 0.274 e. The number of rotatable bonds is 6. The Kier molecular flexibility index (Phi) is 6.60. The Bertz CT molecular complexity index is 910. The lowest BCUT2D eigenvalue weighted by Gasteiger charge is -2.35. The van der Waals surface area contributed by atoms with E-state index in [1.165, 1.54) is 29.7 Å². The Morgan fingerprint density at radius 1 is 1.03 bits per heavy atom. The molecule has 0 bridgehead atoms. The van der Waals surface area contributed by atoms with Crippen LogP contribution in [0.2, 0.25) is 0 Å². The number of nitrogens with zero attached hydrogens (tertiary/aromatic N) is 4. The Balaban J connectivity index is 1.19. The van der Waals surface area contributed by atoms with Crippen LogP contribution >= 0.6 is 0 Å².